The number of pyridine rings is 1. The number of carbonyl (C=O) groups excluding carboxylic acids is 1. The Bertz CT molecular complexity index is 877. The first-order valence-electron chi connectivity index (χ1n) is 10.0. The Morgan fingerprint density at radius 3 is 2.52 bits per heavy atom. The van der Waals surface area contributed by atoms with E-state index in [9.17, 15) is 9.59 Å². The largest absolute Gasteiger partial charge is 0.497 e. The van der Waals surface area contributed by atoms with Gasteiger partial charge in [-0.1, -0.05) is 32.6 Å². The lowest BCUT2D eigenvalue weighted by molar-refractivity contribution is 0.0895. The van der Waals surface area contributed by atoms with Crippen molar-refractivity contribution in [2.75, 3.05) is 7.11 Å². The van der Waals surface area contributed by atoms with Gasteiger partial charge in [-0.3, -0.25) is 9.59 Å². The van der Waals surface area contributed by atoms with Gasteiger partial charge in [0, 0.05) is 18.2 Å². The Kier molecular flexibility index (Phi) is 5.88. The summed E-state index contributed by atoms with van der Waals surface area (Å²) in [5.74, 6) is 0.446. The first kappa shape index (κ1) is 19.5. The number of aryl methyl sites for hydroxylation is 1. The zero-order valence-electron chi connectivity index (χ0n) is 16.6. The lowest BCUT2D eigenvalue weighted by atomic mass is 9.92. The standard InChI is InChI=1S/C22H30N2O3/c1-4-13-24-19-15-17(27-3)10-9-16(19)14-18(21(24)26)20(25)23-22(2)11-7-5-6-8-12-22/h9-10,14-15H,4-8,11-13H2,1-3H3,(H,23,25). The smallest absolute Gasteiger partial charge is 0.263 e. The quantitative estimate of drug-likeness (QED) is 0.800. The highest BCUT2D eigenvalue weighted by Crippen LogP contribution is 2.27. The normalized spacial score (nSPS) is 16.7. The number of hydrogen-bond donors (Lipinski definition) is 1. The summed E-state index contributed by atoms with van der Waals surface area (Å²) in [5.41, 5.74) is 0.571. The summed E-state index contributed by atoms with van der Waals surface area (Å²) in [6.45, 7) is 4.70. The lowest BCUT2D eigenvalue weighted by Gasteiger charge is -2.29. The summed E-state index contributed by atoms with van der Waals surface area (Å²) < 4.78 is 7.00. The topological polar surface area (TPSA) is 60.3 Å². The molecule has 0 radical (unpaired) electrons. The van der Waals surface area contributed by atoms with Crippen LogP contribution in [0.3, 0.4) is 0 Å². The van der Waals surface area contributed by atoms with Crippen LogP contribution in [0, 0.1) is 0 Å². The van der Waals surface area contributed by atoms with E-state index in [4.69, 9.17) is 4.74 Å². The zero-order chi connectivity index (χ0) is 19.4. The van der Waals surface area contributed by atoms with Gasteiger partial charge in [0.25, 0.3) is 11.5 Å². The predicted octanol–water partition coefficient (Wildman–Crippen LogP) is 4.26. The molecule has 0 unspecified atom stereocenters. The molecule has 0 saturated heterocycles. The average Bonchev–Trinajstić information content (AvgIpc) is 2.87. The van der Waals surface area contributed by atoms with Gasteiger partial charge in [-0.05, 0) is 49.8 Å². The molecule has 1 aromatic carbocycles. The Morgan fingerprint density at radius 2 is 1.89 bits per heavy atom. The number of nitrogens with one attached hydrogen (secondary N) is 1. The fourth-order valence-corrected chi connectivity index (χ4v) is 4.06. The van der Waals surface area contributed by atoms with Crippen LogP contribution >= 0.6 is 0 Å². The van der Waals surface area contributed by atoms with Crippen LogP contribution in [-0.2, 0) is 6.54 Å². The number of fused-ring (bicyclic) bond motifs is 1. The molecule has 1 aliphatic rings. The molecule has 1 N–H and O–H groups in total. The summed E-state index contributed by atoms with van der Waals surface area (Å²) in [5, 5.41) is 4.05. The monoisotopic (exact) mass is 370 g/mol. The van der Waals surface area contributed by atoms with Crippen molar-refractivity contribution in [1.29, 1.82) is 0 Å². The summed E-state index contributed by atoms with van der Waals surface area (Å²) in [4.78, 5) is 26.1. The average molecular weight is 370 g/mol. The molecule has 1 aromatic heterocycles. The summed E-state index contributed by atoms with van der Waals surface area (Å²) in [6, 6.07) is 7.35. The number of methoxy groups -OCH3 is 1. The van der Waals surface area contributed by atoms with Crippen LogP contribution in [0.5, 0.6) is 5.75 Å². The minimum Gasteiger partial charge on any atom is -0.497 e. The Hall–Kier alpha value is -2.30. The van der Waals surface area contributed by atoms with E-state index in [2.05, 4.69) is 12.2 Å². The van der Waals surface area contributed by atoms with E-state index in [-0.39, 0.29) is 22.6 Å². The molecule has 0 bridgehead atoms. The molecule has 146 valence electrons. The molecule has 5 nitrogen and oxygen atoms in total. The molecular weight excluding hydrogens is 340 g/mol. The summed E-state index contributed by atoms with van der Waals surface area (Å²) in [7, 11) is 1.61. The van der Waals surface area contributed by atoms with Crippen molar-refractivity contribution in [3.63, 3.8) is 0 Å². The Balaban J connectivity index is 2.01. The fourth-order valence-electron chi connectivity index (χ4n) is 4.06. The molecule has 0 spiro atoms. The van der Waals surface area contributed by atoms with Crippen LogP contribution in [0.2, 0.25) is 0 Å². The van der Waals surface area contributed by atoms with E-state index >= 15 is 0 Å². The summed E-state index contributed by atoms with van der Waals surface area (Å²) >= 11 is 0. The number of ether oxygens (including phenoxy) is 1. The highest BCUT2D eigenvalue weighted by atomic mass is 16.5. The summed E-state index contributed by atoms with van der Waals surface area (Å²) in [6.07, 6.45) is 7.41. The molecule has 1 heterocycles. The number of nitrogens with zero attached hydrogens (tertiary/aromatic N) is 1. The number of aromatic nitrogens is 1. The third kappa shape index (κ3) is 4.18. The van der Waals surface area contributed by atoms with Crippen molar-refractivity contribution in [2.45, 2.75) is 70.9 Å². The second-order valence-electron chi connectivity index (χ2n) is 7.87. The van der Waals surface area contributed by atoms with Crippen molar-refractivity contribution < 1.29 is 9.53 Å². The zero-order valence-corrected chi connectivity index (χ0v) is 16.6. The highest BCUT2D eigenvalue weighted by molar-refractivity contribution is 5.98. The van der Waals surface area contributed by atoms with Gasteiger partial charge in [0.1, 0.15) is 11.3 Å². The van der Waals surface area contributed by atoms with E-state index in [0.29, 0.717) is 12.3 Å². The maximum absolute atomic E-state index is 13.1. The van der Waals surface area contributed by atoms with E-state index in [1.54, 1.807) is 17.7 Å². The Morgan fingerprint density at radius 1 is 1.19 bits per heavy atom. The van der Waals surface area contributed by atoms with Gasteiger partial charge in [0.15, 0.2) is 0 Å². The predicted molar refractivity (Wildman–Crippen MR) is 109 cm³/mol. The van der Waals surface area contributed by atoms with Gasteiger partial charge >= 0.3 is 0 Å². The van der Waals surface area contributed by atoms with Crippen LogP contribution < -0.4 is 15.6 Å². The molecule has 5 heteroatoms. The van der Waals surface area contributed by atoms with Crippen LogP contribution in [0.15, 0.2) is 29.1 Å². The second kappa shape index (κ2) is 8.15. The third-order valence-corrected chi connectivity index (χ3v) is 5.62. The first-order valence-corrected chi connectivity index (χ1v) is 10.0. The van der Waals surface area contributed by atoms with Crippen LogP contribution in [0.25, 0.3) is 10.9 Å². The maximum atomic E-state index is 13.1. The number of hydrogen-bond acceptors (Lipinski definition) is 3. The molecule has 2 aromatic rings. The van der Waals surface area contributed by atoms with E-state index in [1.165, 1.54) is 12.8 Å². The van der Waals surface area contributed by atoms with Crippen molar-refractivity contribution in [1.82, 2.24) is 9.88 Å². The number of carbonyl (C=O) groups is 1. The molecular formula is C22H30N2O3. The molecule has 0 atom stereocenters. The molecule has 0 aliphatic heterocycles. The SMILES string of the molecule is CCCn1c(=O)c(C(=O)NC2(C)CCCCCC2)cc2ccc(OC)cc21. The number of amides is 1. The minimum atomic E-state index is -0.257. The fraction of sp³-hybridized carbons (Fsp3) is 0.545. The van der Waals surface area contributed by atoms with Crippen molar-refractivity contribution in [3.8, 4) is 5.75 Å². The molecule has 1 fully saturated rings. The van der Waals surface area contributed by atoms with Gasteiger partial charge in [0.05, 0.1) is 12.6 Å². The van der Waals surface area contributed by atoms with Crippen LogP contribution in [0.4, 0.5) is 0 Å². The lowest BCUT2D eigenvalue weighted by Crippen LogP contribution is -2.47. The highest BCUT2D eigenvalue weighted by Gasteiger charge is 2.29. The van der Waals surface area contributed by atoms with Gasteiger partial charge < -0.3 is 14.6 Å². The maximum Gasteiger partial charge on any atom is 0.263 e. The first-order chi connectivity index (χ1) is 13.0. The Labute approximate surface area is 160 Å². The molecule has 3 rings (SSSR count). The molecule has 1 saturated carbocycles. The molecule has 1 aliphatic carbocycles. The minimum absolute atomic E-state index is 0.228. The number of benzene rings is 1. The van der Waals surface area contributed by atoms with Crippen LogP contribution in [-0.4, -0.2) is 23.1 Å². The van der Waals surface area contributed by atoms with E-state index in [1.807, 2.05) is 25.1 Å². The molecule has 27 heavy (non-hydrogen) atoms. The van der Waals surface area contributed by atoms with Gasteiger partial charge in [-0.25, -0.2) is 0 Å². The van der Waals surface area contributed by atoms with Gasteiger partial charge in [0.2, 0.25) is 0 Å². The van der Waals surface area contributed by atoms with Gasteiger partial charge in [-0.2, -0.15) is 0 Å². The molecule has 1 amide bonds. The van der Waals surface area contributed by atoms with E-state index in [0.717, 1.165) is 43.0 Å². The number of rotatable bonds is 5. The second-order valence-corrected chi connectivity index (χ2v) is 7.87. The van der Waals surface area contributed by atoms with E-state index < -0.39 is 0 Å². The van der Waals surface area contributed by atoms with Crippen molar-refractivity contribution >= 4 is 16.8 Å². The van der Waals surface area contributed by atoms with Crippen molar-refractivity contribution in [2.24, 2.45) is 0 Å². The van der Waals surface area contributed by atoms with Gasteiger partial charge in [-0.15, -0.1) is 0 Å². The van der Waals surface area contributed by atoms with Crippen molar-refractivity contribution in [3.05, 3.63) is 40.2 Å². The third-order valence-electron chi connectivity index (χ3n) is 5.62. The van der Waals surface area contributed by atoms with Crippen LogP contribution in [0.1, 0.15) is 69.2 Å².